The molecule has 0 spiro atoms. The largest absolute Gasteiger partial charge is 0.396 e. The van der Waals surface area contributed by atoms with Crippen molar-refractivity contribution < 1.29 is 9.90 Å². The average Bonchev–Trinajstić information content (AvgIpc) is 2.13. The normalized spacial score (nSPS) is 13.9. The zero-order chi connectivity index (χ0) is 12.8. The second-order valence-electron chi connectivity index (χ2n) is 5.99. The van der Waals surface area contributed by atoms with Crippen molar-refractivity contribution in [2.24, 2.45) is 11.3 Å². The highest BCUT2D eigenvalue weighted by Gasteiger charge is 2.17. The lowest BCUT2D eigenvalue weighted by molar-refractivity contribution is -0.122. The molecule has 0 bridgehead atoms. The molecule has 0 aromatic rings. The van der Waals surface area contributed by atoms with Crippen molar-refractivity contribution >= 4 is 5.91 Å². The zero-order valence-electron chi connectivity index (χ0n) is 11.3. The van der Waals surface area contributed by atoms with Crippen LogP contribution >= 0.6 is 0 Å². The van der Waals surface area contributed by atoms with Gasteiger partial charge in [-0.25, -0.2) is 0 Å². The van der Waals surface area contributed by atoms with E-state index in [-0.39, 0.29) is 24.0 Å². The molecule has 0 radical (unpaired) electrons. The van der Waals surface area contributed by atoms with Crippen LogP contribution in [0.25, 0.3) is 0 Å². The Morgan fingerprint density at radius 2 is 1.88 bits per heavy atom. The Bertz CT molecular complexity index is 206. The molecule has 0 aliphatic heterocycles. The summed E-state index contributed by atoms with van der Waals surface area (Å²) in [6, 6.07) is 0.0949. The van der Waals surface area contributed by atoms with Gasteiger partial charge in [-0.1, -0.05) is 34.6 Å². The number of carbonyl (C=O) groups excluding carboxylic acids is 1. The average molecular weight is 229 g/mol. The zero-order valence-corrected chi connectivity index (χ0v) is 11.3. The third kappa shape index (κ3) is 7.69. The Balaban J connectivity index is 4.00. The molecule has 0 fully saturated rings. The van der Waals surface area contributed by atoms with Gasteiger partial charge in [0.05, 0.1) is 0 Å². The van der Waals surface area contributed by atoms with Gasteiger partial charge in [-0.15, -0.1) is 0 Å². The van der Waals surface area contributed by atoms with E-state index in [2.05, 4.69) is 39.9 Å². The smallest absolute Gasteiger partial charge is 0.220 e. The standard InChI is InChI=1S/C13H27NO2/c1-10(2)11(7-9-15)14-12(16)6-8-13(3,4)5/h10-11,15H,6-9H2,1-5H3,(H,14,16). The summed E-state index contributed by atoms with van der Waals surface area (Å²) in [4.78, 5) is 11.7. The molecule has 0 rings (SSSR count). The lowest BCUT2D eigenvalue weighted by atomic mass is 9.90. The molecule has 1 atom stereocenters. The fraction of sp³-hybridized carbons (Fsp3) is 0.923. The monoisotopic (exact) mass is 229 g/mol. The number of hydrogen-bond acceptors (Lipinski definition) is 2. The Morgan fingerprint density at radius 3 is 2.25 bits per heavy atom. The van der Waals surface area contributed by atoms with Crippen molar-refractivity contribution in [2.75, 3.05) is 6.61 Å². The molecule has 0 aliphatic rings. The van der Waals surface area contributed by atoms with Gasteiger partial charge in [0.15, 0.2) is 0 Å². The van der Waals surface area contributed by atoms with Gasteiger partial charge in [-0.05, 0) is 24.2 Å². The van der Waals surface area contributed by atoms with E-state index in [0.717, 1.165) is 6.42 Å². The van der Waals surface area contributed by atoms with Crippen molar-refractivity contribution in [3.8, 4) is 0 Å². The summed E-state index contributed by atoms with van der Waals surface area (Å²) in [7, 11) is 0. The van der Waals surface area contributed by atoms with Crippen LogP contribution in [0.2, 0.25) is 0 Å². The molecule has 16 heavy (non-hydrogen) atoms. The fourth-order valence-electron chi connectivity index (χ4n) is 1.48. The second-order valence-corrected chi connectivity index (χ2v) is 5.99. The highest BCUT2D eigenvalue weighted by atomic mass is 16.3. The van der Waals surface area contributed by atoms with Crippen LogP contribution in [-0.2, 0) is 4.79 Å². The first-order chi connectivity index (χ1) is 7.26. The molecule has 3 heteroatoms. The van der Waals surface area contributed by atoms with E-state index in [1.165, 1.54) is 0 Å². The molecule has 3 nitrogen and oxygen atoms in total. The van der Waals surface area contributed by atoms with Crippen LogP contribution in [0.1, 0.15) is 53.9 Å². The lowest BCUT2D eigenvalue weighted by Gasteiger charge is -2.23. The van der Waals surface area contributed by atoms with Crippen molar-refractivity contribution in [3.05, 3.63) is 0 Å². The third-order valence-corrected chi connectivity index (χ3v) is 2.69. The molecule has 1 amide bonds. The quantitative estimate of drug-likeness (QED) is 0.734. The van der Waals surface area contributed by atoms with E-state index < -0.39 is 0 Å². The molecule has 96 valence electrons. The van der Waals surface area contributed by atoms with Crippen molar-refractivity contribution in [2.45, 2.75) is 59.9 Å². The minimum Gasteiger partial charge on any atom is -0.396 e. The predicted octanol–water partition coefficient (Wildman–Crippen LogP) is 2.34. The molecule has 1 unspecified atom stereocenters. The number of carbonyl (C=O) groups is 1. The third-order valence-electron chi connectivity index (χ3n) is 2.69. The van der Waals surface area contributed by atoms with Crippen LogP contribution in [0.15, 0.2) is 0 Å². The number of aliphatic hydroxyl groups excluding tert-OH is 1. The maximum Gasteiger partial charge on any atom is 0.220 e. The van der Waals surface area contributed by atoms with Crippen LogP contribution in [0.3, 0.4) is 0 Å². The molecule has 2 N–H and O–H groups in total. The molecule has 0 aromatic carbocycles. The predicted molar refractivity (Wildman–Crippen MR) is 67.2 cm³/mol. The van der Waals surface area contributed by atoms with Gasteiger partial charge in [0.2, 0.25) is 5.91 Å². The summed E-state index contributed by atoms with van der Waals surface area (Å²) in [5.74, 6) is 0.466. The van der Waals surface area contributed by atoms with Crippen molar-refractivity contribution in [3.63, 3.8) is 0 Å². The summed E-state index contributed by atoms with van der Waals surface area (Å²) in [6.45, 7) is 10.6. The summed E-state index contributed by atoms with van der Waals surface area (Å²) < 4.78 is 0. The van der Waals surface area contributed by atoms with E-state index in [1.807, 2.05) is 0 Å². The van der Waals surface area contributed by atoms with Crippen LogP contribution < -0.4 is 5.32 Å². The number of rotatable bonds is 6. The van der Waals surface area contributed by atoms with E-state index in [0.29, 0.717) is 18.8 Å². The Kier molecular flexibility index (Phi) is 6.65. The van der Waals surface area contributed by atoms with E-state index in [4.69, 9.17) is 5.11 Å². The second kappa shape index (κ2) is 6.89. The van der Waals surface area contributed by atoms with E-state index in [9.17, 15) is 4.79 Å². The highest BCUT2D eigenvalue weighted by molar-refractivity contribution is 5.76. The van der Waals surface area contributed by atoms with Gasteiger partial charge in [0.25, 0.3) is 0 Å². The van der Waals surface area contributed by atoms with Gasteiger partial charge >= 0.3 is 0 Å². The molecule has 0 saturated carbocycles. The summed E-state index contributed by atoms with van der Waals surface area (Å²) >= 11 is 0. The molecule has 0 heterocycles. The van der Waals surface area contributed by atoms with E-state index >= 15 is 0 Å². The molecule has 0 saturated heterocycles. The van der Waals surface area contributed by atoms with Gasteiger partial charge in [-0.3, -0.25) is 4.79 Å². The first kappa shape index (κ1) is 15.4. The van der Waals surface area contributed by atoms with Crippen LogP contribution in [0.5, 0.6) is 0 Å². The van der Waals surface area contributed by atoms with Gasteiger partial charge in [0.1, 0.15) is 0 Å². The Hall–Kier alpha value is -0.570. The van der Waals surface area contributed by atoms with Gasteiger partial charge in [0, 0.05) is 19.1 Å². The molecular weight excluding hydrogens is 202 g/mol. The van der Waals surface area contributed by atoms with Crippen LogP contribution in [-0.4, -0.2) is 23.7 Å². The van der Waals surface area contributed by atoms with Crippen molar-refractivity contribution in [1.29, 1.82) is 0 Å². The Labute approximate surface area is 99.6 Å². The number of hydrogen-bond donors (Lipinski definition) is 2. The fourth-order valence-corrected chi connectivity index (χ4v) is 1.48. The minimum absolute atomic E-state index is 0.0949. The molecular formula is C13H27NO2. The topological polar surface area (TPSA) is 49.3 Å². The maximum atomic E-state index is 11.7. The maximum absolute atomic E-state index is 11.7. The van der Waals surface area contributed by atoms with Gasteiger partial charge in [-0.2, -0.15) is 0 Å². The first-order valence-corrected chi connectivity index (χ1v) is 6.16. The number of aliphatic hydroxyl groups is 1. The summed E-state index contributed by atoms with van der Waals surface area (Å²) in [5, 5.41) is 11.9. The van der Waals surface area contributed by atoms with Gasteiger partial charge < -0.3 is 10.4 Å². The van der Waals surface area contributed by atoms with Crippen LogP contribution in [0.4, 0.5) is 0 Å². The van der Waals surface area contributed by atoms with E-state index in [1.54, 1.807) is 0 Å². The number of nitrogens with one attached hydrogen (secondary N) is 1. The minimum atomic E-state index is 0.0949. The first-order valence-electron chi connectivity index (χ1n) is 6.16. The summed E-state index contributed by atoms with van der Waals surface area (Å²) in [5.41, 5.74) is 0.196. The van der Waals surface area contributed by atoms with Crippen LogP contribution in [0, 0.1) is 11.3 Å². The SMILES string of the molecule is CC(C)C(CCO)NC(=O)CCC(C)(C)C. The number of amides is 1. The summed E-state index contributed by atoms with van der Waals surface area (Å²) in [6.07, 6.45) is 2.10. The molecule has 0 aromatic heterocycles. The Morgan fingerprint density at radius 1 is 1.31 bits per heavy atom. The van der Waals surface area contributed by atoms with Crippen molar-refractivity contribution in [1.82, 2.24) is 5.32 Å². The molecule has 0 aliphatic carbocycles. The lowest BCUT2D eigenvalue weighted by Crippen LogP contribution is -2.39. The highest BCUT2D eigenvalue weighted by Crippen LogP contribution is 2.20.